The normalized spacial score (nSPS) is 24.7. The molecule has 0 saturated heterocycles. The summed E-state index contributed by atoms with van der Waals surface area (Å²) in [6, 6.07) is 0. The lowest BCUT2D eigenvalue weighted by Crippen LogP contribution is -2.25. The molecule has 1 atom stereocenters. The highest BCUT2D eigenvalue weighted by Gasteiger charge is 2.29. The third kappa shape index (κ3) is 5.52. The highest BCUT2D eigenvalue weighted by atomic mass is 16.5. The van der Waals surface area contributed by atoms with Gasteiger partial charge in [0, 0.05) is 36.5 Å². The van der Waals surface area contributed by atoms with Crippen LogP contribution in [0, 0.1) is 5.41 Å². The van der Waals surface area contributed by atoms with Crippen molar-refractivity contribution in [3.8, 4) is 0 Å². The molecule has 5 heteroatoms. The first-order valence-electron chi connectivity index (χ1n) is 9.62. The number of aliphatic imine (C=N–C) groups is 2. The molecule has 5 nitrogen and oxygen atoms in total. The smallest absolute Gasteiger partial charge is 0.156 e. The summed E-state index contributed by atoms with van der Waals surface area (Å²) in [5.41, 5.74) is 1.98. The molecule has 0 unspecified atom stereocenters. The van der Waals surface area contributed by atoms with Gasteiger partial charge in [-0.3, -0.25) is 4.99 Å². The zero-order valence-electron chi connectivity index (χ0n) is 17.5. The number of ether oxygens (including phenoxy) is 1. The van der Waals surface area contributed by atoms with E-state index in [4.69, 9.17) is 9.73 Å². The first kappa shape index (κ1) is 21.4. The van der Waals surface area contributed by atoms with E-state index in [0.717, 1.165) is 29.1 Å². The Labute approximate surface area is 168 Å². The van der Waals surface area contributed by atoms with Crippen molar-refractivity contribution < 1.29 is 4.74 Å². The summed E-state index contributed by atoms with van der Waals surface area (Å²) in [7, 11) is 0. The van der Waals surface area contributed by atoms with E-state index in [1.165, 1.54) is 0 Å². The predicted octanol–water partition coefficient (Wildman–Crippen LogP) is 5.54. The van der Waals surface area contributed by atoms with Crippen molar-refractivity contribution in [1.29, 1.82) is 0 Å². The van der Waals surface area contributed by atoms with E-state index in [0.29, 0.717) is 6.61 Å². The Balaban J connectivity index is 2.24. The van der Waals surface area contributed by atoms with Crippen LogP contribution < -0.4 is 0 Å². The van der Waals surface area contributed by atoms with Crippen LogP contribution in [0.2, 0.25) is 0 Å². The summed E-state index contributed by atoms with van der Waals surface area (Å²) in [5, 5.41) is 6.31. The van der Waals surface area contributed by atoms with Gasteiger partial charge in [0.2, 0.25) is 0 Å². The molecule has 0 fully saturated rings. The maximum absolute atomic E-state index is 5.59. The van der Waals surface area contributed by atoms with Gasteiger partial charge in [-0.15, -0.1) is 0 Å². The zero-order chi connectivity index (χ0) is 20.4. The summed E-state index contributed by atoms with van der Waals surface area (Å²) < 4.78 is 5.59. The molecule has 0 saturated carbocycles. The van der Waals surface area contributed by atoms with Gasteiger partial charge < -0.3 is 4.74 Å². The fourth-order valence-electron chi connectivity index (χ4n) is 2.86. The lowest BCUT2D eigenvalue weighted by Gasteiger charge is -2.32. The molecule has 1 aliphatic carbocycles. The summed E-state index contributed by atoms with van der Waals surface area (Å²) >= 11 is 0. The lowest BCUT2D eigenvalue weighted by atomic mass is 9.77. The molecule has 2 rings (SSSR count). The molecule has 0 bridgehead atoms. The lowest BCUT2D eigenvalue weighted by molar-refractivity contribution is 0.237. The fraction of sp³-hybridized carbons (Fsp3) is 0.348. The van der Waals surface area contributed by atoms with E-state index in [-0.39, 0.29) is 5.41 Å². The molecule has 0 aromatic carbocycles. The topological polar surface area (TPSA) is 49.6 Å². The highest BCUT2D eigenvalue weighted by Crippen LogP contribution is 2.38. The Morgan fingerprint density at radius 1 is 1.39 bits per heavy atom. The molecule has 1 heterocycles. The molecule has 0 aromatic heterocycles. The molecule has 148 valence electrons. The van der Waals surface area contributed by atoms with E-state index in [2.05, 4.69) is 35.4 Å². The van der Waals surface area contributed by atoms with E-state index >= 15 is 0 Å². The minimum atomic E-state index is -0.139. The van der Waals surface area contributed by atoms with Crippen molar-refractivity contribution in [3.63, 3.8) is 0 Å². The van der Waals surface area contributed by atoms with Gasteiger partial charge in [-0.2, -0.15) is 5.10 Å². The molecule has 1 aliphatic heterocycles. The van der Waals surface area contributed by atoms with Crippen LogP contribution in [-0.4, -0.2) is 30.3 Å². The minimum absolute atomic E-state index is 0.139. The van der Waals surface area contributed by atoms with Crippen molar-refractivity contribution in [2.24, 2.45) is 20.5 Å². The first-order valence-corrected chi connectivity index (χ1v) is 9.62. The summed E-state index contributed by atoms with van der Waals surface area (Å²) in [6.07, 6.45) is 22.2. The van der Waals surface area contributed by atoms with Gasteiger partial charge in [0.25, 0.3) is 0 Å². The number of hydrogen-bond donors (Lipinski definition) is 0. The number of allylic oxidation sites excluding steroid dienone is 8. The van der Waals surface area contributed by atoms with Gasteiger partial charge in [0.05, 0.1) is 6.61 Å². The summed E-state index contributed by atoms with van der Waals surface area (Å²) in [6.45, 7) is 10.7. The molecule has 0 spiro atoms. The van der Waals surface area contributed by atoms with Gasteiger partial charge in [-0.25, -0.2) is 10.0 Å². The largest absolute Gasteiger partial charge is 0.494 e. The van der Waals surface area contributed by atoms with Crippen LogP contribution in [0.5, 0.6) is 0 Å². The third-order valence-electron chi connectivity index (χ3n) is 4.46. The number of hydrogen-bond acceptors (Lipinski definition) is 5. The fourth-order valence-corrected chi connectivity index (χ4v) is 2.86. The van der Waals surface area contributed by atoms with Crippen molar-refractivity contribution >= 4 is 18.6 Å². The van der Waals surface area contributed by atoms with Crippen molar-refractivity contribution in [2.45, 2.75) is 41.0 Å². The van der Waals surface area contributed by atoms with E-state index in [1.54, 1.807) is 18.6 Å². The molecular formula is C23H30N4O. The Morgan fingerprint density at radius 2 is 2.21 bits per heavy atom. The van der Waals surface area contributed by atoms with Gasteiger partial charge in [0.1, 0.15) is 5.76 Å². The monoisotopic (exact) mass is 378 g/mol. The average Bonchev–Trinajstić information content (AvgIpc) is 2.70. The van der Waals surface area contributed by atoms with Crippen LogP contribution in [0.4, 0.5) is 0 Å². The first-order chi connectivity index (χ1) is 13.5. The Morgan fingerprint density at radius 3 is 2.86 bits per heavy atom. The molecule has 2 aliphatic rings. The second kappa shape index (κ2) is 10.4. The SMILES string of the molecule is C\C=C/N=C\C=C\C(C)=C1/N=CC([C@]2(C)C=CC(OCC)=CC2)=CN1/N=C\C. The van der Waals surface area contributed by atoms with Crippen LogP contribution in [0.1, 0.15) is 41.0 Å². The van der Waals surface area contributed by atoms with E-state index < -0.39 is 0 Å². The molecule has 0 amide bonds. The van der Waals surface area contributed by atoms with Gasteiger partial charge >= 0.3 is 0 Å². The van der Waals surface area contributed by atoms with Crippen LogP contribution in [-0.2, 0) is 4.74 Å². The number of hydrazone groups is 1. The Hall–Kier alpha value is -2.95. The van der Waals surface area contributed by atoms with Gasteiger partial charge in [-0.1, -0.05) is 25.2 Å². The average molecular weight is 379 g/mol. The predicted molar refractivity (Wildman–Crippen MR) is 119 cm³/mol. The third-order valence-corrected chi connectivity index (χ3v) is 4.46. The van der Waals surface area contributed by atoms with Crippen LogP contribution >= 0.6 is 0 Å². The highest BCUT2D eigenvalue weighted by molar-refractivity contribution is 5.83. The van der Waals surface area contributed by atoms with Gasteiger partial charge in [-0.05, 0) is 63.5 Å². The second-order valence-electron chi connectivity index (χ2n) is 6.70. The maximum Gasteiger partial charge on any atom is 0.156 e. The van der Waals surface area contributed by atoms with Crippen LogP contribution in [0.3, 0.4) is 0 Å². The van der Waals surface area contributed by atoms with Crippen molar-refractivity contribution in [2.75, 3.05) is 6.61 Å². The van der Waals surface area contributed by atoms with E-state index in [9.17, 15) is 0 Å². The minimum Gasteiger partial charge on any atom is -0.494 e. The number of rotatable bonds is 7. The molecular weight excluding hydrogens is 348 g/mol. The molecule has 28 heavy (non-hydrogen) atoms. The van der Waals surface area contributed by atoms with Gasteiger partial charge in [0.15, 0.2) is 5.82 Å². The van der Waals surface area contributed by atoms with Crippen molar-refractivity contribution in [1.82, 2.24) is 5.01 Å². The molecule has 0 N–H and O–H groups in total. The summed E-state index contributed by atoms with van der Waals surface area (Å²) in [4.78, 5) is 8.84. The van der Waals surface area contributed by atoms with Crippen LogP contribution in [0.25, 0.3) is 0 Å². The molecule has 0 radical (unpaired) electrons. The standard InChI is InChI=1S/C23H30N4O/c1-6-15-24-16-9-10-19(4)22-25-17-20(18-27(22)26-7-2)23(5)13-11-21(12-14-23)28-8-3/h6-7,9-13,15-18H,8,14H2,1-5H3/b10-9+,15-6-,22-19+,24-16-,26-7-/t23-/m1/s1. The zero-order valence-corrected chi connectivity index (χ0v) is 17.5. The molecule has 0 aromatic rings. The number of nitrogens with zero attached hydrogens (tertiary/aromatic N) is 4. The van der Waals surface area contributed by atoms with E-state index in [1.807, 2.05) is 63.2 Å². The van der Waals surface area contributed by atoms with Crippen molar-refractivity contribution in [3.05, 3.63) is 71.6 Å². The Bertz CT molecular complexity index is 822. The second-order valence-corrected chi connectivity index (χ2v) is 6.70. The van der Waals surface area contributed by atoms with Crippen LogP contribution in [0.15, 0.2) is 86.7 Å². The maximum atomic E-state index is 5.59. The Kier molecular flexibility index (Phi) is 7.93. The quantitative estimate of drug-likeness (QED) is 0.546. The summed E-state index contributed by atoms with van der Waals surface area (Å²) in [5.74, 6) is 1.73.